The van der Waals surface area contributed by atoms with Crippen LogP contribution in [0.1, 0.15) is 50.5 Å². The predicted octanol–water partition coefficient (Wildman–Crippen LogP) is 3.88. The molecule has 19 heavy (non-hydrogen) atoms. The number of benzene rings is 1. The van der Waals surface area contributed by atoms with Gasteiger partial charge in [0.25, 0.3) is 0 Å². The summed E-state index contributed by atoms with van der Waals surface area (Å²) < 4.78 is 0. The van der Waals surface area contributed by atoms with Gasteiger partial charge in [0.2, 0.25) is 5.91 Å². The van der Waals surface area contributed by atoms with E-state index in [2.05, 4.69) is 5.32 Å². The van der Waals surface area contributed by atoms with E-state index in [0.717, 1.165) is 16.9 Å². The normalized spacial score (nSPS) is 16.9. The average molecular weight is 260 g/mol. The van der Waals surface area contributed by atoms with Gasteiger partial charge in [0.15, 0.2) is 0 Å². The number of rotatable bonds is 3. The lowest BCUT2D eigenvalue weighted by Crippen LogP contribution is -2.17. The van der Waals surface area contributed by atoms with Gasteiger partial charge in [0.1, 0.15) is 0 Å². The van der Waals surface area contributed by atoms with E-state index in [1.165, 1.54) is 38.5 Å². The second kappa shape index (κ2) is 6.60. The minimum atomic E-state index is 0.139. The summed E-state index contributed by atoms with van der Waals surface area (Å²) in [5.74, 6) is 0.705. The third-order valence-electron chi connectivity index (χ3n) is 3.97. The van der Waals surface area contributed by atoms with Gasteiger partial charge in [-0.3, -0.25) is 4.79 Å². The fraction of sp³-hybridized carbons (Fsp3) is 0.562. The quantitative estimate of drug-likeness (QED) is 0.640. The monoisotopic (exact) mass is 260 g/mol. The van der Waals surface area contributed by atoms with E-state index >= 15 is 0 Å². The molecule has 0 aromatic heterocycles. The molecule has 0 saturated heterocycles. The van der Waals surface area contributed by atoms with Crippen molar-refractivity contribution in [1.29, 1.82) is 0 Å². The fourth-order valence-corrected chi connectivity index (χ4v) is 2.86. The lowest BCUT2D eigenvalue weighted by atomic mass is 9.96. The Bertz CT molecular complexity index is 434. The van der Waals surface area contributed by atoms with Crippen molar-refractivity contribution in [2.24, 2.45) is 5.92 Å². The maximum absolute atomic E-state index is 12.1. The molecule has 3 heteroatoms. The smallest absolute Gasteiger partial charge is 0.224 e. The second-order valence-corrected chi connectivity index (χ2v) is 5.68. The maximum atomic E-state index is 12.1. The van der Waals surface area contributed by atoms with Crippen LogP contribution >= 0.6 is 0 Å². The number of nitrogens with one attached hydrogen (secondary N) is 1. The van der Waals surface area contributed by atoms with E-state index in [0.29, 0.717) is 12.3 Å². The molecule has 1 saturated carbocycles. The number of aryl methyl sites for hydroxylation is 1. The molecule has 1 amide bonds. The summed E-state index contributed by atoms with van der Waals surface area (Å²) in [4.78, 5) is 12.1. The molecule has 1 aliphatic carbocycles. The van der Waals surface area contributed by atoms with Crippen LogP contribution in [-0.2, 0) is 4.79 Å². The molecule has 0 atom stereocenters. The Morgan fingerprint density at radius 2 is 1.95 bits per heavy atom. The first-order chi connectivity index (χ1) is 9.15. The molecule has 1 fully saturated rings. The highest BCUT2D eigenvalue weighted by Gasteiger charge is 2.16. The van der Waals surface area contributed by atoms with Crippen molar-refractivity contribution in [3.05, 3.63) is 23.8 Å². The number of anilines is 2. The molecule has 0 bridgehead atoms. The summed E-state index contributed by atoms with van der Waals surface area (Å²) in [5, 5.41) is 3.01. The van der Waals surface area contributed by atoms with E-state index in [9.17, 15) is 4.79 Å². The molecule has 0 heterocycles. The van der Waals surface area contributed by atoms with Crippen molar-refractivity contribution in [3.8, 4) is 0 Å². The van der Waals surface area contributed by atoms with E-state index in [1.807, 2.05) is 25.1 Å². The van der Waals surface area contributed by atoms with Gasteiger partial charge >= 0.3 is 0 Å². The Kier molecular flexibility index (Phi) is 4.83. The first kappa shape index (κ1) is 13.9. The highest BCUT2D eigenvalue weighted by molar-refractivity contribution is 5.91. The third kappa shape index (κ3) is 4.27. The van der Waals surface area contributed by atoms with Gasteiger partial charge in [0, 0.05) is 17.8 Å². The molecule has 0 radical (unpaired) electrons. The fourth-order valence-electron chi connectivity index (χ4n) is 2.86. The van der Waals surface area contributed by atoms with Crippen molar-refractivity contribution >= 4 is 17.3 Å². The van der Waals surface area contributed by atoms with Gasteiger partial charge in [-0.2, -0.15) is 0 Å². The molecular formula is C16H24N2O. The zero-order valence-corrected chi connectivity index (χ0v) is 11.7. The highest BCUT2D eigenvalue weighted by atomic mass is 16.1. The number of hydrogen-bond acceptors (Lipinski definition) is 2. The SMILES string of the molecule is Cc1cc(N)ccc1NC(=O)CC1CCCCCC1. The van der Waals surface area contributed by atoms with Crippen LogP contribution in [0.5, 0.6) is 0 Å². The molecule has 2 rings (SSSR count). The molecule has 0 spiro atoms. The van der Waals surface area contributed by atoms with Crippen molar-refractivity contribution in [2.75, 3.05) is 11.1 Å². The topological polar surface area (TPSA) is 55.1 Å². The Morgan fingerprint density at radius 3 is 2.58 bits per heavy atom. The number of carbonyl (C=O) groups is 1. The largest absolute Gasteiger partial charge is 0.399 e. The summed E-state index contributed by atoms with van der Waals surface area (Å²) in [6, 6.07) is 5.60. The molecule has 1 aromatic rings. The summed E-state index contributed by atoms with van der Waals surface area (Å²) in [7, 11) is 0. The summed E-state index contributed by atoms with van der Waals surface area (Å²) in [5.41, 5.74) is 8.35. The number of carbonyl (C=O) groups excluding carboxylic acids is 1. The first-order valence-electron chi connectivity index (χ1n) is 7.31. The van der Waals surface area contributed by atoms with Crippen LogP contribution in [0, 0.1) is 12.8 Å². The van der Waals surface area contributed by atoms with E-state index in [-0.39, 0.29) is 5.91 Å². The van der Waals surface area contributed by atoms with Gasteiger partial charge in [-0.1, -0.05) is 25.7 Å². The Balaban J connectivity index is 1.89. The average Bonchev–Trinajstić information content (AvgIpc) is 2.61. The number of hydrogen-bond donors (Lipinski definition) is 2. The van der Waals surface area contributed by atoms with Crippen LogP contribution in [-0.4, -0.2) is 5.91 Å². The Hall–Kier alpha value is -1.51. The molecule has 3 N–H and O–H groups in total. The van der Waals surface area contributed by atoms with Gasteiger partial charge in [0.05, 0.1) is 0 Å². The molecular weight excluding hydrogens is 236 g/mol. The van der Waals surface area contributed by atoms with Crippen molar-refractivity contribution in [3.63, 3.8) is 0 Å². The van der Waals surface area contributed by atoms with Gasteiger partial charge < -0.3 is 11.1 Å². The van der Waals surface area contributed by atoms with Crippen LogP contribution in [0.4, 0.5) is 11.4 Å². The zero-order chi connectivity index (χ0) is 13.7. The molecule has 3 nitrogen and oxygen atoms in total. The van der Waals surface area contributed by atoms with Crippen molar-refractivity contribution in [2.45, 2.75) is 51.9 Å². The first-order valence-corrected chi connectivity index (χ1v) is 7.31. The Morgan fingerprint density at radius 1 is 1.26 bits per heavy atom. The number of nitrogens with two attached hydrogens (primary N) is 1. The molecule has 0 unspecified atom stereocenters. The number of nitrogen functional groups attached to an aromatic ring is 1. The molecule has 1 aromatic carbocycles. The van der Waals surface area contributed by atoms with Crippen LogP contribution in [0.25, 0.3) is 0 Å². The number of amides is 1. The van der Waals surface area contributed by atoms with E-state index in [4.69, 9.17) is 5.73 Å². The van der Waals surface area contributed by atoms with Gasteiger partial charge in [-0.05, 0) is 49.4 Å². The summed E-state index contributed by atoms with van der Waals surface area (Å²) >= 11 is 0. The van der Waals surface area contributed by atoms with Crippen LogP contribution < -0.4 is 11.1 Å². The van der Waals surface area contributed by atoms with Crippen LogP contribution in [0.3, 0.4) is 0 Å². The third-order valence-corrected chi connectivity index (χ3v) is 3.97. The van der Waals surface area contributed by atoms with Crippen molar-refractivity contribution < 1.29 is 4.79 Å². The standard InChI is InChI=1S/C16H24N2O/c1-12-10-14(17)8-9-15(12)18-16(19)11-13-6-4-2-3-5-7-13/h8-10,13H,2-7,11,17H2,1H3,(H,18,19). The lowest BCUT2D eigenvalue weighted by Gasteiger charge is -2.14. The molecule has 0 aliphatic heterocycles. The van der Waals surface area contributed by atoms with Gasteiger partial charge in [-0.25, -0.2) is 0 Å². The second-order valence-electron chi connectivity index (χ2n) is 5.68. The van der Waals surface area contributed by atoms with E-state index in [1.54, 1.807) is 0 Å². The van der Waals surface area contributed by atoms with Crippen LogP contribution in [0.15, 0.2) is 18.2 Å². The summed E-state index contributed by atoms with van der Waals surface area (Å²) in [6.07, 6.45) is 8.27. The minimum absolute atomic E-state index is 0.139. The summed E-state index contributed by atoms with van der Waals surface area (Å²) in [6.45, 7) is 1.97. The minimum Gasteiger partial charge on any atom is -0.399 e. The predicted molar refractivity (Wildman–Crippen MR) is 80.0 cm³/mol. The van der Waals surface area contributed by atoms with Gasteiger partial charge in [-0.15, -0.1) is 0 Å². The van der Waals surface area contributed by atoms with Crippen LogP contribution in [0.2, 0.25) is 0 Å². The Labute approximate surface area is 115 Å². The van der Waals surface area contributed by atoms with Crippen molar-refractivity contribution in [1.82, 2.24) is 0 Å². The van der Waals surface area contributed by atoms with E-state index < -0.39 is 0 Å². The highest BCUT2D eigenvalue weighted by Crippen LogP contribution is 2.26. The maximum Gasteiger partial charge on any atom is 0.224 e. The zero-order valence-electron chi connectivity index (χ0n) is 11.7. The molecule has 104 valence electrons. The lowest BCUT2D eigenvalue weighted by molar-refractivity contribution is -0.117. The molecule has 1 aliphatic rings.